The summed E-state index contributed by atoms with van der Waals surface area (Å²) in [5.41, 5.74) is 0.601. The molecule has 0 N–H and O–H groups in total. The molecule has 0 atom stereocenters. The molecule has 1 rings (SSSR count). The van der Waals surface area contributed by atoms with Gasteiger partial charge < -0.3 is 4.74 Å². The number of carbonyl (C=O) groups is 1. The summed E-state index contributed by atoms with van der Waals surface area (Å²) >= 11 is 5.88. The second-order valence-electron chi connectivity index (χ2n) is 4.43. The van der Waals surface area contributed by atoms with Crippen molar-refractivity contribution in [1.82, 2.24) is 0 Å². The zero-order chi connectivity index (χ0) is 11.6. The van der Waals surface area contributed by atoms with E-state index in [2.05, 4.69) is 19.6 Å². The van der Waals surface area contributed by atoms with E-state index in [4.69, 9.17) is 16.3 Å². The quantitative estimate of drug-likeness (QED) is 0.589. The fourth-order valence-electron chi connectivity index (χ4n) is 1.45. The van der Waals surface area contributed by atoms with E-state index in [1.165, 1.54) is 7.11 Å². The van der Waals surface area contributed by atoms with Crippen LogP contribution < -0.4 is 5.19 Å². The molecule has 1 aromatic rings. The molecule has 0 spiro atoms. The van der Waals surface area contributed by atoms with Crippen LogP contribution in [0.15, 0.2) is 18.2 Å². The zero-order valence-corrected chi connectivity index (χ0v) is 11.2. The van der Waals surface area contributed by atoms with Crippen molar-refractivity contribution >= 4 is 30.8 Å². The second kappa shape index (κ2) is 4.37. The van der Waals surface area contributed by atoms with E-state index in [1.54, 1.807) is 6.07 Å². The van der Waals surface area contributed by atoms with E-state index < -0.39 is 8.07 Å². The van der Waals surface area contributed by atoms with Crippen molar-refractivity contribution in [2.24, 2.45) is 0 Å². The zero-order valence-electron chi connectivity index (χ0n) is 9.43. The van der Waals surface area contributed by atoms with Gasteiger partial charge in [0.25, 0.3) is 0 Å². The summed E-state index contributed by atoms with van der Waals surface area (Å²) in [6, 6.07) is 5.43. The lowest BCUT2D eigenvalue weighted by Gasteiger charge is -2.19. The van der Waals surface area contributed by atoms with E-state index in [-0.39, 0.29) is 5.97 Å². The molecule has 0 saturated carbocycles. The minimum Gasteiger partial charge on any atom is -0.465 e. The van der Waals surface area contributed by atoms with Crippen LogP contribution in [0.25, 0.3) is 0 Å². The summed E-state index contributed by atoms with van der Waals surface area (Å²) in [6.07, 6.45) is 0. The van der Waals surface area contributed by atoms with E-state index >= 15 is 0 Å². The number of halogens is 1. The van der Waals surface area contributed by atoms with Gasteiger partial charge in [0, 0.05) is 5.02 Å². The normalized spacial score (nSPS) is 11.3. The highest BCUT2D eigenvalue weighted by molar-refractivity contribution is 6.89. The van der Waals surface area contributed by atoms with Gasteiger partial charge in [0.1, 0.15) is 0 Å². The molecule has 0 aliphatic rings. The summed E-state index contributed by atoms with van der Waals surface area (Å²) in [5.74, 6) is -0.310. The second-order valence-corrected chi connectivity index (χ2v) is 9.91. The summed E-state index contributed by atoms with van der Waals surface area (Å²) in [5, 5.41) is 1.65. The fraction of sp³-hybridized carbons (Fsp3) is 0.364. The lowest BCUT2D eigenvalue weighted by molar-refractivity contribution is 0.0602. The van der Waals surface area contributed by atoms with Gasteiger partial charge in [-0.1, -0.05) is 37.3 Å². The van der Waals surface area contributed by atoms with Crippen LogP contribution in [0.2, 0.25) is 24.7 Å². The Morgan fingerprint density at radius 3 is 2.40 bits per heavy atom. The van der Waals surface area contributed by atoms with E-state index in [9.17, 15) is 4.79 Å². The number of carbonyl (C=O) groups excluding carboxylic acids is 1. The Morgan fingerprint density at radius 1 is 1.33 bits per heavy atom. The fourth-order valence-corrected chi connectivity index (χ4v) is 3.19. The van der Waals surface area contributed by atoms with Gasteiger partial charge >= 0.3 is 5.97 Å². The molecule has 0 amide bonds. The minimum atomic E-state index is -1.54. The van der Waals surface area contributed by atoms with Gasteiger partial charge in [0.05, 0.1) is 20.7 Å². The van der Waals surface area contributed by atoms with E-state index in [0.29, 0.717) is 10.6 Å². The molecule has 82 valence electrons. The molecule has 15 heavy (non-hydrogen) atoms. The molecular formula is C11H15ClO2Si. The molecule has 0 aliphatic carbocycles. The molecule has 0 heterocycles. The Morgan fingerprint density at radius 2 is 1.93 bits per heavy atom. The third-order valence-corrected chi connectivity index (χ3v) is 4.48. The van der Waals surface area contributed by atoms with Crippen LogP contribution >= 0.6 is 11.6 Å². The van der Waals surface area contributed by atoms with Crippen LogP contribution in [-0.4, -0.2) is 21.2 Å². The van der Waals surface area contributed by atoms with E-state index in [1.807, 2.05) is 12.1 Å². The Kier molecular flexibility index (Phi) is 3.57. The summed E-state index contributed by atoms with van der Waals surface area (Å²) < 4.78 is 4.75. The van der Waals surface area contributed by atoms with Gasteiger partial charge in [-0.05, 0) is 17.3 Å². The molecule has 0 aromatic heterocycles. The third-order valence-electron chi connectivity index (χ3n) is 2.19. The molecule has 0 bridgehead atoms. The first-order valence-electron chi connectivity index (χ1n) is 4.74. The number of esters is 1. The van der Waals surface area contributed by atoms with Gasteiger partial charge in [0.15, 0.2) is 0 Å². The maximum atomic E-state index is 11.6. The highest BCUT2D eigenvalue weighted by Crippen LogP contribution is 2.14. The predicted octanol–water partition coefficient (Wildman–Crippen LogP) is 2.67. The SMILES string of the molecule is COC(=O)c1cc(Cl)ccc1[Si](C)(C)C. The van der Waals surface area contributed by atoms with Crippen LogP contribution in [0, 0.1) is 0 Å². The van der Waals surface area contributed by atoms with Crippen LogP contribution in [0.1, 0.15) is 10.4 Å². The van der Waals surface area contributed by atoms with Crippen LogP contribution in [0.3, 0.4) is 0 Å². The third kappa shape index (κ3) is 2.83. The molecule has 0 fully saturated rings. The van der Waals surface area contributed by atoms with Gasteiger partial charge in [-0.15, -0.1) is 0 Å². The molecular weight excluding hydrogens is 228 g/mol. The average Bonchev–Trinajstić information content (AvgIpc) is 2.14. The maximum Gasteiger partial charge on any atom is 0.337 e. The Balaban J connectivity index is 3.33. The molecule has 0 unspecified atom stereocenters. The van der Waals surface area contributed by atoms with Gasteiger partial charge in [-0.25, -0.2) is 4.79 Å². The van der Waals surface area contributed by atoms with Gasteiger partial charge in [-0.3, -0.25) is 0 Å². The Hall–Kier alpha value is -0.803. The number of methoxy groups -OCH3 is 1. The first kappa shape index (κ1) is 12.3. The van der Waals surface area contributed by atoms with Gasteiger partial charge in [0.2, 0.25) is 0 Å². The van der Waals surface area contributed by atoms with Crippen molar-refractivity contribution in [3.8, 4) is 0 Å². The monoisotopic (exact) mass is 242 g/mol. The molecule has 0 saturated heterocycles. The maximum absolute atomic E-state index is 11.6. The molecule has 2 nitrogen and oxygen atoms in total. The first-order chi connectivity index (χ1) is 6.86. The van der Waals surface area contributed by atoms with Crippen LogP contribution in [0.5, 0.6) is 0 Å². The number of hydrogen-bond donors (Lipinski definition) is 0. The van der Waals surface area contributed by atoms with Crippen molar-refractivity contribution < 1.29 is 9.53 Å². The van der Waals surface area contributed by atoms with Crippen molar-refractivity contribution in [3.05, 3.63) is 28.8 Å². The van der Waals surface area contributed by atoms with Gasteiger partial charge in [-0.2, -0.15) is 0 Å². The summed E-state index contributed by atoms with van der Waals surface area (Å²) in [7, 11) is -0.153. The first-order valence-corrected chi connectivity index (χ1v) is 8.62. The van der Waals surface area contributed by atoms with Crippen molar-refractivity contribution in [2.45, 2.75) is 19.6 Å². The average molecular weight is 243 g/mol. The van der Waals surface area contributed by atoms with Crippen LogP contribution in [0.4, 0.5) is 0 Å². The Labute approximate surface area is 96.2 Å². The minimum absolute atomic E-state index is 0.310. The standard InChI is InChI=1S/C11H15ClO2Si/c1-14-11(13)9-7-8(12)5-6-10(9)15(2,3)4/h5-7H,1-4H3. The molecule has 4 heteroatoms. The largest absolute Gasteiger partial charge is 0.465 e. The molecule has 1 aromatic carbocycles. The summed E-state index contributed by atoms with van der Waals surface area (Å²) in [4.78, 5) is 11.6. The number of hydrogen-bond acceptors (Lipinski definition) is 2. The highest BCUT2D eigenvalue weighted by Gasteiger charge is 2.23. The Bertz CT molecular complexity index is 383. The number of benzene rings is 1. The van der Waals surface area contributed by atoms with Crippen molar-refractivity contribution in [3.63, 3.8) is 0 Å². The number of rotatable bonds is 2. The highest BCUT2D eigenvalue weighted by atomic mass is 35.5. The van der Waals surface area contributed by atoms with Crippen molar-refractivity contribution in [2.75, 3.05) is 7.11 Å². The van der Waals surface area contributed by atoms with Crippen molar-refractivity contribution in [1.29, 1.82) is 0 Å². The smallest absolute Gasteiger partial charge is 0.337 e. The lowest BCUT2D eigenvalue weighted by atomic mass is 10.2. The van der Waals surface area contributed by atoms with Crippen LogP contribution in [-0.2, 0) is 4.74 Å². The molecule has 0 aliphatic heterocycles. The number of ether oxygens (including phenoxy) is 1. The predicted molar refractivity (Wildman–Crippen MR) is 65.8 cm³/mol. The molecule has 0 radical (unpaired) electrons. The topological polar surface area (TPSA) is 26.3 Å². The lowest BCUT2D eigenvalue weighted by Crippen LogP contribution is -2.41. The van der Waals surface area contributed by atoms with E-state index in [0.717, 1.165) is 5.19 Å². The summed E-state index contributed by atoms with van der Waals surface area (Å²) in [6.45, 7) is 6.55.